The molecule has 1 aliphatic rings. The lowest BCUT2D eigenvalue weighted by Crippen LogP contribution is -2.32. The van der Waals surface area contributed by atoms with Gasteiger partial charge in [0.2, 0.25) is 0 Å². The van der Waals surface area contributed by atoms with Crippen LogP contribution in [0.1, 0.15) is 19.3 Å². The number of carboxylic acid groups (broad SMARTS) is 2. The van der Waals surface area contributed by atoms with E-state index in [0.29, 0.717) is 24.3 Å². The minimum absolute atomic E-state index is 0.314. The summed E-state index contributed by atoms with van der Waals surface area (Å²) in [6.45, 7) is 0.512. The maximum atomic E-state index is 10.7. The molecule has 0 saturated heterocycles. The predicted molar refractivity (Wildman–Crippen MR) is 75.1 cm³/mol. The van der Waals surface area contributed by atoms with E-state index in [2.05, 4.69) is 24.3 Å². The Morgan fingerprint density at radius 1 is 1.19 bits per heavy atom. The normalized spacial score (nSPS) is 15.0. The molecule has 120 valence electrons. The SMILES string of the molecule is CNC(=O)OCCC1(N(C)C)CC1.O=C(O)C=CC(=O)O. The molecule has 0 atom stereocenters. The van der Waals surface area contributed by atoms with Crippen molar-refractivity contribution in [3.63, 3.8) is 0 Å². The molecule has 0 aromatic rings. The molecule has 3 N–H and O–H groups in total. The summed E-state index contributed by atoms with van der Waals surface area (Å²) < 4.78 is 4.94. The molecule has 0 radical (unpaired) electrons. The molecule has 0 aromatic carbocycles. The standard InChI is InChI=1S/C9H18N2O2.C4H4O4/c1-10-8(12)13-7-6-9(4-5-9)11(2)3;5-3(6)1-2-4(7)8/h4-7H2,1-3H3,(H,10,12);1-2H,(H,5,6)(H,7,8). The summed E-state index contributed by atoms with van der Waals surface area (Å²) in [5.74, 6) is -2.51. The van der Waals surface area contributed by atoms with E-state index >= 15 is 0 Å². The summed E-state index contributed by atoms with van der Waals surface area (Å²) in [5.41, 5.74) is 0.314. The van der Waals surface area contributed by atoms with Crippen LogP contribution in [-0.2, 0) is 14.3 Å². The van der Waals surface area contributed by atoms with Gasteiger partial charge in [-0.15, -0.1) is 0 Å². The van der Waals surface area contributed by atoms with Crippen LogP contribution in [0.4, 0.5) is 4.79 Å². The maximum absolute atomic E-state index is 10.7. The second-order valence-corrected chi connectivity index (χ2v) is 4.76. The fourth-order valence-electron chi connectivity index (χ4n) is 1.61. The Hall–Kier alpha value is -2.09. The van der Waals surface area contributed by atoms with Crippen molar-refractivity contribution in [1.29, 1.82) is 0 Å². The van der Waals surface area contributed by atoms with Crippen molar-refractivity contribution < 1.29 is 29.3 Å². The van der Waals surface area contributed by atoms with Gasteiger partial charge in [0, 0.05) is 31.2 Å². The Morgan fingerprint density at radius 3 is 1.95 bits per heavy atom. The second-order valence-electron chi connectivity index (χ2n) is 4.76. The van der Waals surface area contributed by atoms with Gasteiger partial charge >= 0.3 is 18.0 Å². The third-order valence-electron chi connectivity index (χ3n) is 3.15. The lowest BCUT2D eigenvalue weighted by atomic mass is 10.2. The van der Waals surface area contributed by atoms with E-state index < -0.39 is 11.9 Å². The summed E-state index contributed by atoms with van der Waals surface area (Å²) in [7, 11) is 5.72. The minimum atomic E-state index is -1.26. The van der Waals surface area contributed by atoms with Crippen LogP contribution in [0, 0.1) is 0 Å². The number of hydrogen-bond donors (Lipinski definition) is 3. The summed E-state index contributed by atoms with van der Waals surface area (Å²) in [4.78, 5) is 32.1. The molecule has 0 spiro atoms. The summed E-state index contributed by atoms with van der Waals surface area (Å²) in [5, 5.41) is 18.1. The van der Waals surface area contributed by atoms with Gasteiger partial charge in [0.1, 0.15) is 0 Å². The molecular formula is C13H22N2O6. The second kappa shape index (κ2) is 8.96. The number of aliphatic carboxylic acids is 2. The van der Waals surface area contributed by atoms with E-state index in [1.807, 2.05) is 0 Å². The first-order valence-electron chi connectivity index (χ1n) is 6.39. The minimum Gasteiger partial charge on any atom is -0.478 e. The summed E-state index contributed by atoms with van der Waals surface area (Å²) in [6.07, 6.45) is 4.15. The van der Waals surface area contributed by atoms with Gasteiger partial charge < -0.3 is 25.2 Å². The molecule has 0 aromatic heterocycles. The number of carboxylic acids is 2. The van der Waals surface area contributed by atoms with Crippen LogP contribution in [0.5, 0.6) is 0 Å². The van der Waals surface area contributed by atoms with Crippen molar-refractivity contribution in [2.45, 2.75) is 24.8 Å². The van der Waals surface area contributed by atoms with Crippen LogP contribution in [0.2, 0.25) is 0 Å². The maximum Gasteiger partial charge on any atom is 0.406 e. The van der Waals surface area contributed by atoms with Crippen LogP contribution >= 0.6 is 0 Å². The van der Waals surface area contributed by atoms with Gasteiger partial charge in [-0.25, -0.2) is 14.4 Å². The fourth-order valence-corrected chi connectivity index (χ4v) is 1.61. The number of ether oxygens (including phenoxy) is 1. The Kier molecular flexibility index (Phi) is 8.07. The van der Waals surface area contributed by atoms with Gasteiger partial charge in [-0.05, 0) is 26.9 Å². The number of carbonyl (C=O) groups is 3. The molecule has 8 nitrogen and oxygen atoms in total. The number of alkyl carbamates (subject to hydrolysis) is 1. The number of hydrogen-bond acceptors (Lipinski definition) is 5. The summed E-state index contributed by atoms with van der Waals surface area (Å²) >= 11 is 0. The monoisotopic (exact) mass is 302 g/mol. The lowest BCUT2D eigenvalue weighted by molar-refractivity contribution is -0.134. The average molecular weight is 302 g/mol. The van der Waals surface area contributed by atoms with E-state index in [1.54, 1.807) is 7.05 Å². The highest BCUT2D eigenvalue weighted by molar-refractivity contribution is 5.89. The molecular weight excluding hydrogens is 280 g/mol. The van der Waals surface area contributed by atoms with Crippen molar-refractivity contribution in [3.8, 4) is 0 Å². The van der Waals surface area contributed by atoms with Gasteiger partial charge in [0.15, 0.2) is 0 Å². The molecule has 0 aliphatic heterocycles. The smallest absolute Gasteiger partial charge is 0.406 e. The first kappa shape index (κ1) is 18.9. The van der Waals surface area contributed by atoms with Crippen molar-refractivity contribution in [2.75, 3.05) is 27.7 Å². The fraction of sp³-hybridized carbons (Fsp3) is 0.615. The van der Waals surface area contributed by atoms with Gasteiger partial charge in [0.25, 0.3) is 0 Å². The first-order chi connectivity index (χ1) is 9.73. The highest BCUT2D eigenvalue weighted by Crippen LogP contribution is 2.42. The van der Waals surface area contributed by atoms with Crippen molar-refractivity contribution in [3.05, 3.63) is 12.2 Å². The van der Waals surface area contributed by atoms with Crippen molar-refractivity contribution in [2.24, 2.45) is 0 Å². The van der Waals surface area contributed by atoms with Crippen molar-refractivity contribution >= 4 is 18.0 Å². The first-order valence-corrected chi connectivity index (χ1v) is 6.39. The quantitative estimate of drug-likeness (QED) is 0.613. The zero-order valence-electron chi connectivity index (χ0n) is 12.5. The highest BCUT2D eigenvalue weighted by Gasteiger charge is 2.44. The highest BCUT2D eigenvalue weighted by atomic mass is 16.5. The Balaban J connectivity index is 0.000000433. The van der Waals surface area contributed by atoms with E-state index in [-0.39, 0.29) is 6.09 Å². The molecule has 1 saturated carbocycles. The van der Waals surface area contributed by atoms with E-state index in [4.69, 9.17) is 14.9 Å². The van der Waals surface area contributed by atoms with Crippen LogP contribution in [0.15, 0.2) is 12.2 Å². The van der Waals surface area contributed by atoms with Crippen molar-refractivity contribution in [1.82, 2.24) is 10.2 Å². The molecule has 0 bridgehead atoms. The number of amides is 1. The Morgan fingerprint density at radius 2 is 1.67 bits per heavy atom. The van der Waals surface area contributed by atoms with Crippen LogP contribution in [0.25, 0.3) is 0 Å². The molecule has 1 amide bonds. The molecule has 1 aliphatic carbocycles. The number of nitrogens with one attached hydrogen (secondary N) is 1. The topological polar surface area (TPSA) is 116 Å². The summed E-state index contributed by atoms with van der Waals surface area (Å²) in [6, 6.07) is 0. The Labute approximate surface area is 123 Å². The van der Waals surface area contributed by atoms with Gasteiger partial charge in [0.05, 0.1) is 6.61 Å². The molecule has 0 unspecified atom stereocenters. The van der Waals surface area contributed by atoms with Crippen LogP contribution < -0.4 is 5.32 Å². The molecule has 8 heteroatoms. The number of carbonyl (C=O) groups excluding carboxylic acids is 1. The van der Waals surface area contributed by atoms with Crippen LogP contribution in [0.3, 0.4) is 0 Å². The number of rotatable bonds is 6. The third kappa shape index (κ3) is 8.64. The van der Waals surface area contributed by atoms with Gasteiger partial charge in [-0.3, -0.25) is 0 Å². The molecule has 1 rings (SSSR count). The number of nitrogens with zero attached hydrogens (tertiary/aromatic N) is 1. The van der Waals surface area contributed by atoms with Gasteiger partial charge in [-0.2, -0.15) is 0 Å². The van der Waals surface area contributed by atoms with E-state index in [0.717, 1.165) is 6.42 Å². The Bertz CT molecular complexity index is 385. The van der Waals surface area contributed by atoms with E-state index in [9.17, 15) is 14.4 Å². The lowest BCUT2D eigenvalue weighted by Gasteiger charge is -2.23. The van der Waals surface area contributed by atoms with E-state index in [1.165, 1.54) is 12.8 Å². The molecule has 0 heterocycles. The largest absolute Gasteiger partial charge is 0.478 e. The predicted octanol–water partition coefficient (Wildman–Crippen LogP) is 0.538. The van der Waals surface area contributed by atoms with Gasteiger partial charge in [-0.1, -0.05) is 0 Å². The zero-order chi connectivity index (χ0) is 16.5. The van der Waals surface area contributed by atoms with Crippen LogP contribution in [-0.4, -0.2) is 66.4 Å². The third-order valence-corrected chi connectivity index (χ3v) is 3.15. The average Bonchev–Trinajstić information content (AvgIpc) is 3.18. The zero-order valence-corrected chi connectivity index (χ0v) is 12.5. The molecule has 21 heavy (non-hydrogen) atoms. The molecule has 1 fully saturated rings.